The molecule has 2 heterocycles. The summed E-state index contributed by atoms with van der Waals surface area (Å²) in [7, 11) is -1.53. The Labute approximate surface area is 166 Å². The van der Waals surface area contributed by atoms with Crippen molar-refractivity contribution >= 4 is 9.84 Å². The number of aromatic nitrogens is 2. The molecule has 0 saturated carbocycles. The van der Waals surface area contributed by atoms with Crippen molar-refractivity contribution in [1.82, 2.24) is 14.5 Å². The normalized spacial score (nSPS) is 17.9. The number of rotatable bonds is 8. The zero-order chi connectivity index (χ0) is 20.1. The maximum Gasteiger partial charge on any atom is 0.227 e. The molecule has 1 aromatic carbocycles. The van der Waals surface area contributed by atoms with Crippen molar-refractivity contribution in [2.45, 2.75) is 50.0 Å². The minimum Gasteiger partial charge on any atom is -0.378 e. The molecular formula is C20H28FN3O3S. The third-order valence-electron chi connectivity index (χ3n) is 5.06. The van der Waals surface area contributed by atoms with Crippen LogP contribution in [0.5, 0.6) is 0 Å². The van der Waals surface area contributed by atoms with E-state index in [0.29, 0.717) is 18.2 Å². The van der Waals surface area contributed by atoms with Crippen molar-refractivity contribution in [3.8, 4) is 0 Å². The average molecular weight is 410 g/mol. The lowest BCUT2D eigenvalue weighted by molar-refractivity contribution is 0.00632. The molecule has 1 atom stereocenters. The molecule has 6 nitrogen and oxygen atoms in total. The third kappa shape index (κ3) is 5.40. The minimum atomic E-state index is -3.52. The Morgan fingerprint density at radius 2 is 2.11 bits per heavy atom. The lowest BCUT2D eigenvalue weighted by Gasteiger charge is -2.25. The van der Waals surface area contributed by atoms with E-state index in [1.807, 2.05) is 7.05 Å². The number of halogens is 1. The molecular weight excluding hydrogens is 381 g/mol. The topological polar surface area (TPSA) is 64.4 Å². The summed E-state index contributed by atoms with van der Waals surface area (Å²) in [6.45, 7) is 2.33. The highest BCUT2D eigenvalue weighted by Crippen LogP contribution is 2.19. The molecule has 0 aliphatic carbocycles. The molecule has 8 heteroatoms. The zero-order valence-electron chi connectivity index (χ0n) is 16.5. The second-order valence-corrected chi connectivity index (χ2v) is 9.41. The summed E-state index contributed by atoms with van der Waals surface area (Å²) in [6.07, 6.45) is 7.38. The lowest BCUT2D eigenvalue weighted by atomic mass is 10.1. The van der Waals surface area contributed by atoms with Crippen molar-refractivity contribution in [3.63, 3.8) is 0 Å². The maximum absolute atomic E-state index is 14.1. The first-order chi connectivity index (χ1) is 13.3. The maximum atomic E-state index is 14.1. The summed E-state index contributed by atoms with van der Waals surface area (Å²) in [6, 6.07) is 6.40. The Kier molecular flexibility index (Phi) is 6.85. The van der Waals surface area contributed by atoms with E-state index in [-0.39, 0.29) is 17.5 Å². The summed E-state index contributed by atoms with van der Waals surface area (Å²) in [5, 5.41) is -0.0326. The van der Waals surface area contributed by atoms with Gasteiger partial charge in [0.05, 0.1) is 24.5 Å². The standard InChI is InChI=1S/C20H28FN3O3S/c1-23(11-10-18-8-5-6-12-27-18)15-17-13-22-20(28(2,25)26)24(17)14-16-7-3-4-9-19(16)21/h3-4,7,9,13,18H,5-6,8,10-12,14-15H2,1-2H3/t18-/m0/s1. The number of imidazole rings is 1. The summed E-state index contributed by atoms with van der Waals surface area (Å²) in [4.78, 5) is 6.24. The molecule has 3 rings (SSSR count). The highest BCUT2D eigenvalue weighted by Gasteiger charge is 2.21. The molecule has 0 radical (unpaired) electrons. The highest BCUT2D eigenvalue weighted by molar-refractivity contribution is 7.90. The predicted octanol–water partition coefficient (Wildman–Crippen LogP) is 2.87. The number of ether oxygens (including phenoxy) is 1. The second-order valence-electron chi connectivity index (χ2n) is 7.50. The van der Waals surface area contributed by atoms with Gasteiger partial charge in [0.2, 0.25) is 15.0 Å². The molecule has 0 unspecified atom stereocenters. The van der Waals surface area contributed by atoms with E-state index >= 15 is 0 Å². The number of hydrogen-bond acceptors (Lipinski definition) is 5. The van der Waals surface area contributed by atoms with Crippen molar-refractivity contribution in [1.29, 1.82) is 0 Å². The second kappa shape index (κ2) is 9.15. The van der Waals surface area contributed by atoms with Gasteiger partial charge in [-0.05, 0) is 38.8 Å². The van der Waals surface area contributed by atoms with Gasteiger partial charge in [0.1, 0.15) is 5.82 Å². The van der Waals surface area contributed by atoms with E-state index in [9.17, 15) is 12.8 Å². The fraction of sp³-hybridized carbons (Fsp3) is 0.550. The molecule has 0 spiro atoms. The Balaban J connectivity index is 1.74. The van der Waals surface area contributed by atoms with Gasteiger partial charge in [0.25, 0.3) is 0 Å². The number of hydrogen-bond donors (Lipinski definition) is 0. The molecule has 0 N–H and O–H groups in total. The van der Waals surface area contributed by atoms with Crippen LogP contribution in [0.15, 0.2) is 35.6 Å². The van der Waals surface area contributed by atoms with E-state index in [1.165, 1.54) is 12.5 Å². The summed E-state index contributed by atoms with van der Waals surface area (Å²) in [5.74, 6) is -0.357. The summed E-state index contributed by atoms with van der Waals surface area (Å²) < 4.78 is 45.8. The first-order valence-electron chi connectivity index (χ1n) is 9.62. The fourth-order valence-corrected chi connectivity index (χ4v) is 4.36. The number of sulfone groups is 1. The summed E-state index contributed by atoms with van der Waals surface area (Å²) in [5.41, 5.74) is 1.18. The van der Waals surface area contributed by atoms with Gasteiger partial charge in [-0.15, -0.1) is 0 Å². The Bertz CT molecular complexity index is 892. The Morgan fingerprint density at radius 3 is 2.79 bits per heavy atom. The predicted molar refractivity (Wildman–Crippen MR) is 105 cm³/mol. The molecule has 28 heavy (non-hydrogen) atoms. The molecule has 1 aliphatic rings. The van der Waals surface area contributed by atoms with Gasteiger partial charge in [-0.2, -0.15) is 0 Å². The van der Waals surface area contributed by atoms with Crippen molar-refractivity contribution in [3.05, 3.63) is 47.5 Å². The minimum absolute atomic E-state index is 0.0326. The average Bonchev–Trinajstić information content (AvgIpc) is 3.05. The molecule has 154 valence electrons. The molecule has 0 bridgehead atoms. The van der Waals surface area contributed by atoms with Crippen LogP contribution in [0.25, 0.3) is 0 Å². The molecule has 2 aromatic rings. The van der Waals surface area contributed by atoms with Crippen molar-refractivity contribution < 1.29 is 17.5 Å². The van der Waals surface area contributed by atoms with Crippen LogP contribution in [0, 0.1) is 5.82 Å². The monoisotopic (exact) mass is 409 g/mol. The highest BCUT2D eigenvalue weighted by atomic mass is 32.2. The Morgan fingerprint density at radius 1 is 1.32 bits per heavy atom. The van der Waals surface area contributed by atoms with E-state index in [4.69, 9.17) is 4.74 Å². The van der Waals surface area contributed by atoms with Crippen LogP contribution < -0.4 is 0 Å². The summed E-state index contributed by atoms with van der Waals surface area (Å²) >= 11 is 0. The molecule has 1 saturated heterocycles. The van der Waals surface area contributed by atoms with Crippen molar-refractivity contribution in [2.75, 3.05) is 26.5 Å². The van der Waals surface area contributed by atoms with Crippen LogP contribution in [0.3, 0.4) is 0 Å². The van der Waals surface area contributed by atoms with Crippen LogP contribution in [-0.2, 0) is 27.7 Å². The zero-order valence-corrected chi connectivity index (χ0v) is 17.3. The van der Waals surface area contributed by atoms with Gasteiger partial charge in [-0.1, -0.05) is 18.2 Å². The van der Waals surface area contributed by atoms with E-state index < -0.39 is 9.84 Å². The van der Waals surface area contributed by atoms with Gasteiger partial charge >= 0.3 is 0 Å². The first kappa shape index (κ1) is 21.0. The molecule has 1 aromatic heterocycles. The quantitative estimate of drug-likeness (QED) is 0.671. The van der Waals surface area contributed by atoms with Crippen molar-refractivity contribution in [2.24, 2.45) is 0 Å². The van der Waals surface area contributed by atoms with E-state index in [0.717, 1.165) is 44.4 Å². The van der Waals surface area contributed by atoms with Crippen LogP contribution >= 0.6 is 0 Å². The van der Waals surface area contributed by atoms with Crippen LogP contribution in [-0.4, -0.2) is 55.4 Å². The van der Waals surface area contributed by atoms with Gasteiger partial charge in [0.15, 0.2) is 0 Å². The molecule has 0 amide bonds. The first-order valence-corrected chi connectivity index (χ1v) is 11.5. The SMILES string of the molecule is CN(CC[C@@H]1CCCCO1)Cc1cnc(S(C)(=O)=O)n1Cc1ccccc1F. The smallest absolute Gasteiger partial charge is 0.227 e. The van der Waals surface area contributed by atoms with Gasteiger partial charge in [-0.25, -0.2) is 17.8 Å². The Hall–Kier alpha value is -1.77. The third-order valence-corrected chi connectivity index (χ3v) is 6.05. The van der Waals surface area contributed by atoms with E-state index in [2.05, 4.69) is 9.88 Å². The molecule has 1 fully saturated rings. The molecule has 1 aliphatic heterocycles. The van der Waals surface area contributed by atoms with Crippen LogP contribution in [0.2, 0.25) is 0 Å². The van der Waals surface area contributed by atoms with Crippen LogP contribution in [0.1, 0.15) is 36.9 Å². The van der Waals surface area contributed by atoms with Gasteiger partial charge in [-0.3, -0.25) is 0 Å². The van der Waals surface area contributed by atoms with Crippen LogP contribution in [0.4, 0.5) is 4.39 Å². The van der Waals surface area contributed by atoms with E-state index in [1.54, 1.807) is 29.0 Å². The fourth-order valence-electron chi connectivity index (χ4n) is 3.54. The largest absolute Gasteiger partial charge is 0.378 e. The number of nitrogens with zero attached hydrogens (tertiary/aromatic N) is 3. The van der Waals surface area contributed by atoms with Gasteiger partial charge < -0.3 is 14.2 Å². The number of benzene rings is 1. The van der Waals surface area contributed by atoms with Gasteiger partial charge in [0, 0.05) is 31.5 Å². The lowest BCUT2D eigenvalue weighted by Crippen LogP contribution is -2.27.